The molecule has 2 N–H and O–H groups in total. The van der Waals surface area contributed by atoms with Crippen LogP contribution in [0.15, 0.2) is 398 Å². The Labute approximate surface area is 858 Å². The number of aromatic nitrogens is 7. The van der Waals surface area contributed by atoms with Gasteiger partial charge < -0.3 is 38.6 Å². The average molecular weight is 2380 g/mol. The van der Waals surface area contributed by atoms with Crippen LogP contribution in [0.1, 0.15) is 95.6 Å². The fraction of sp³-hybridized carbons (Fsp3) is 0.0806. The zero-order chi connectivity index (χ0) is 93.3. The van der Waals surface area contributed by atoms with Crippen molar-refractivity contribution in [3.8, 4) is 62.0 Å². The summed E-state index contributed by atoms with van der Waals surface area (Å²) in [6.07, 6.45) is 23.0. The fourth-order valence-electron chi connectivity index (χ4n) is 19.3. The van der Waals surface area contributed by atoms with Crippen LogP contribution in [0, 0.1) is 24.3 Å². The second-order valence-electron chi connectivity index (χ2n) is 35.7. The number of carbonyl (C=O) groups is 2. The molecule has 0 unspecified atom stereocenters. The van der Waals surface area contributed by atoms with Crippen LogP contribution in [-0.4, -0.2) is 56.6 Å². The molecule has 0 spiro atoms. The Morgan fingerprint density at radius 1 is 0.418 bits per heavy atom. The van der Waals surface area contributed by atoms with Gasteiger partial charge in [-0.15, -0.1) is 101 Å². The molecule has 691 valence electrons. The molecular formula is C124H87Ir3N7O6S-4. The number of furan rings is 2. The van der Waals surface area contributed by atoms with Gasteiger partial charge >= 0.3 is 11.9 Å². The van der Waals surface area contributed by atoms with Gasteiger partial charge in [0.05, 0.1) is 17.0 Å². The molecular weight excluding hydrogens is 2290 g/mol. The van der Waals surface area contributed by atoms with Crippen LogP contribution >= 0.6 is 11.3 Å². The van der Waals surface area contributed by atoms with Gasteiger partial charge in [0.2, 0.25) is 0 Å². The Hall–Kier alpha value is -15.3. The van der Waals surface area contributed by atoms with Crippen LogP contribution in [-0.2, 0) is 72.2 Å². The predicted octanol–water partition coefficient (Wildman–Crippen LogP) is 32.0. The zero-order valence-electron chi connectivity index (χ0n) is 76.7. The van der Waals surface area contributed by atoms with Gasteiger partial charge in [0, 0.05) is 125 Å². The molecule has 13 nitrogen and oxygen atoms in total. The molecule has 0 bridgehead atoms. The van der Waals surface area contributed by atoms with Crippen LogP contribution in [0.5, 0.6) is 0 Å². The number of hydrogen-bond donors (Lipinski definition) is 2. The van der Waals surface area contributed by atoms with Crippen LogP contribution in [0.3, 0.4) is 0 Å². The largest absolute Gasteiger partial charge is 0.500 e. The molecule has 9 aromatic heterocycles. The summed E-state index contributed by atoms with van der Waals surface area (Å²) in [6.45, 7) is 6.65. The molecule has 16 aromatic carbocycles. The van der Waals surface area contributed by atoms with Gasteiger partial charge in [0.25, 0.3) is 0 Å². The maximum absolute atomic E-state index is 10.7. The molecule has 1 saturated carbocycles. The number of nitrogens with zero attached hydrogens (tertiary/aromatic N) is 7. The molecule has 2 aliphatic carbocycles. The van der Waals surface area contributed by atoms with Crippen molar-refractivity contribution in [2.24, 2.45) is 0 Å². The molecule has 2 aliphatic rings. The molecule has 0 atom stereocenters. The van der Waals surface area contributed by atoms with E-state index in [9.17, 15) is 9.59 Å². The number of carboxylic acids is 2. The molecule has 25 aromatic rings. The van der Waals surface area contributed by atoms with Gasteiger partial charge in [-0.05, 0) is 228 Å². The van der Waals surface area contributed by atoms with Gasteiger partial charge in [-0.1, -0.05) is 286 Å². The van der Waals surface area contributed by atoms with Crippen molar-refractivity contribution in [2.75, 3.05) is 0 Å². The minimum atomic E-state index is -1.01. The van der Waals surface area contributed by atoms with Crippen LogP contribution in [0.4, 0.5) is 0 Å². The summed E-state index contributed by atoms with van der Waals surface area (Å²) in [4.78, 5) is 47.4. The molecule has 27 rings (SSSR count). The molecule has 0 aliphatic heterocycles. The van der Waals surface area contributed by atoms with E-state index in [4.69, 9.17) is 24.0 Å². The van der Waals surface area contributed by atoms with Gasteiger partial charge in [0.1, 0.15) is 22.6 Å². The van der Waals surface area contributed by atoms with Gasteiger partial charge in [-0.25, -0.2) is 19.6 Å². The third-order valence-electron chi connectivity index (χ3n) is 26.1. The number of pyridine rings is 5. The van der Waals surface area contributed by atoms with Crippen molar-refractivity contribution in [1.82, 2.24) is 34.5 Å². The normalized spacial score (nSPS) is 12.1. The first-order valence-electron chi connectivity index (χ1n) is 46.2. The maximum atomic E-state index is 10.7. The molecule has 141 heavy (non-hydrogen) atoms. The predicted molar refractivity (Wildman–Crippen MR) is 564 cm³/mol. The second-order valence-corrected chi connectivity index (χ2v) is 36.7. The molecule has 0 saturated heterocycles. The third kappa shape index (κ3) is 19.3. The van der Waals surface area contributed by atoms with Gasteiger partial charge in [-0.3, -0.25) is 4.98 Å². The monoisotopic (exact) mass is 2380 g/mol. The topological polar surface area (TPSA) is 183 Å². The number of fused-ring (bicyclic) bond motifs is 20. The van der Waals surface area contributed by atoms with E-state index in [-0.39, 0.29) is 77.1 Å². The van der Waals surface area contributed by atoms with Crippen LogP contribution < -0.4 is 0 Å². The second kappa shape index (κ2) is 41.4. The Bertz CT molecular complexity index is 9040. The van der Waals surface area contributed by atoms with Gasteiger partial charge in [-0.2, -0.15) is 11.3 Å². The smallest absolute Gasteiger partial charge is 0.354 e. The molecule has 0 amide bonds. The number of thiophene rings is 1. The number of aromatic carboxylic acids is 2. The molecule has 1 fully saturated rings. The first-order valence-corrected chi connectivity index (χ1v) is 47.0. The summed E-state index contributed by atoms with van der Waals surface area (Å²) in [7, 11) is 0. The number of allylic oxidation sites excluding steroid dienone is 1. The molecule has 17 heteroatoms. The Balaban J connectivity index is 0.000000110. The van der Waals surface area contributed by atoms with Gasteiger partial charge in [0.15, 0.2) is 0 Å². The zero-order valence-corrected chi connectivity index (χ0v) is 84.7. The number of benzene rings is 16. The first-order chi connectivity index (χ1) is 67.7. The summed E-state index contributed by atoms with van der Waals surface area (Å²) in [6, 6.07) is 130. The third-order valence-corrected chi connectivity index (χ3v) is 27.3. The number of hydrogen-bond acceptors (Lipinski definition) is 11. The minimum absolute atomic E-state index is 0. The van der Waals surface area contributed by atoms with E-state index in [0.717, 1.165) is 134 Å². The summed E-state index contributed by atoms with van der Waals surface area (Å²) >= 11 is 1.87. The number of imidazole rings is 1. The Morgan fingerprint density at radius 2 is 1.07 bits per heavy atom. The van der Waals surface area contributed by atoms with E-state index < -0.39 is 11.9 Å². The summed E-state index contributed by atoms with van der Waals surface area (Å²) in [5.74, 6) is -0.471. The van der Waals surface area contributed by atoms with E-state index in [1.54, 1.807) is 24.4 Å². The van der Waals surface area contributed by atoms with E-state index in [2.05, 4.69) is 305 Å². The van der Waals surface area contributed by atoms with Crippen molar-refractivity contribution >= 4 is 169 Å². The van der Waals surface area contributed by atoms with Crippen LogP contribution in [0.2, 0.25) is 0 Å². The summed E-state index contributed by atoms with van der Waals surface area (Å²) in [5.41, 5.74) is 18.7. The quantitative estimate of drug-likeness (QED) is 0.0793. The fourth-order valence-corrected chi connectivity index (χ4v) is 20.4. The van der Waals surface area contributed by atoms with Crippen molar-refractivity contribution in [3.05, 3.63) is 447 Å². The minimum Gasteiger partial charge on any atom is -0.500 e. The Kier molecular flexibility index (Phi) is 27.8. The number of carboxylic acid groups (broad SMARTS) is 2. The summed E-state index contributed by atoms with van der Waals surface area (Å²) in [5, 5.41) is 41.9. The standard InChI is InChI=1S/C29H16NO.C28H16NS.C25H14NO.C19H19N2.C12H9NO2.C11H13NO2.3Ir/c1-2-7-20-16-25-21(15-19(20)6-1)10-12-26-28(25)24-11-9-22(17-27(24)31-26)29-23-8-4-3-5-18(23)13-14-30-29;1-2-6-21-16-29-25(15-18(21)5-1)19-11-12-26-23(13-19)24-14-20-9-3-7-17-8-4-10-22(27(17)20)28(24)30-26;1-3-9-19-17(7-1)18-8-2-4-10-20(18)25-24(19)21-15-16(12-13-23(21)27-25)22-11-5-6-14-26-22;1-19(2,3)16-9-7-8-15(14-16)18-20-12-13-21(18)17-10-5-4-6-11-17;14-12(15)11-8-10(6-7-13-11)9-4-2-1-3-5-9;13-11(14)10-7-9(5-6-12-10)8-3-1-2-4-8;;;/h1-16H;1-8,10,12-16H,9H2;1-11,13-15H;4-7,9-14H,1-3H3;1-8H,(H,14,15);5-8H,1-4H2,(H,13,14);;;/q4*-1;;;;;. The Morgan fingerprint density at radius 3 is 1.83 bits per heavy atom. The van der Waals surface area contributed by atoms with Crippen LogP contribution in [0.25, 0.3) is 208 Å². The molecule has 9 heterocycles. The van der Waals surface area contributed by atoms with Crippen molar-refractivity contribution in [2.45, 2.75) is 64.2 Å². The summed E-state index contributed by atoms with van der Waals surface area (Å²) < 4.78 is 17.3. The van der Waals surface area contributed by atoms with E-state index in [1.807, 2.05) is 145 Å². The molecule has 3 radical (unpaired) electrons. The van der Waals surface area contributed by atoms with E-state index in [0.29, 0.717) is 5.92 Å². The van der Waals surface area contributed by atoms with E-state index in [1.165, 1.54) is 128 Å². The number of rotatable bonds is 9. The SMILES string of the molecule is CC(C)(C)c1cc[c-]c(-c2nccn2-c2ccccc2)c1.O=C(O)c1cc(-c2ccccc2)ccn1.O=C(O)c1cc(C2CCCC2)ccn1.[Ir].[Ir].[Ir].[c-]1c(-c2nccc3ccccc23)ccc2c1oc1ccc3cc4ccccc4cc3c12.[c-]1cc2oc3c4ccccc4c4ccccc4c3c2cc1-c1ccccn1.[c-]1cc2sc3c4cccc5c4c(cc3c2cc1-c1cc2ccccc2cn1)CC=C5. The van der Waals surface area contributed by atoms with Crippen molar-refractivity contribution in [1.29, 1.82) is 0 Å². The maximum Gasteiger partial charge on any atom is 0.354 e. The average Bonchev–Trinajstić information content (AvgIpc) is 1.56. The first kappa shape index (κ1) is 94.7. The number of para-hydroxylation sites is 1. The van der Waals surface area contributed by atoms with Crippen molar-refractivity contribution < 1.29 is 89.0 Å². The van der Waals surface area contributed by atoms with E-state index >= 15 is 0 Å². The van der Waals surface area contributed by atoms with Crippen molar-refractivity contribution in [3.63, 3.8) is 0 Å².